The van der Waals surface area contributed by atoms with E-state index in [1.54, 1.807) is 25.3 Å². The zero-order valence-corrected chi connectivity index (χ0v) is 24.3. The van der Waals surface area contributed by atoms with E-state index >= 15 is 0 Å². The number of hydrogen-bond acceptors (Lipinski definition) is 8. The summed E-state index contributed by atoms with van der Waals surface area (Å²) in [5.41, 5.74) is 6.14. The molecule has 3 aromatic carbocycles. The Hall–Kier alpha value is -5.12. The zero-order valence-electron chi connectivity index (χ0n) is 24.3. The van der Waals surface area contributed by atoms with Crippen LogP contribution in [-0.4, -0.2) is 85.1 Å². The SMILES string of the molecule is C=CC(=O)N1CC(C(=O)N2CCN(c3cccc(-c4cnc5ccc(Nc6cc(OC)cc(OC)c6)cc5n4)c3)CC2)C1. The average Bonchev–Trinajstić information content (AvgIpc) is 3.03. The number of benzene rings is 3. The maximum atomic E-state index is 12.9. The van der Waals surface area contributed by atoms with Crippen LogP contribution in [0.2, 0.25) is 0 Å². The fourth-order valence-electron chi connectivity index (χ4n) is 5.52. The van der Waals surface area contributed by atoms with E-state index in [2.05, 4.69) is 33.9 Å². The molecule has 0 bridgehead atoms. The molecule has 10 nitrogen and oxygen atoms in total. The summed E-state index contributed by atoms with van der Waals surface area (Å²) in [4.78, 5) is 40.1. The Morgan fingerprint density at radius 2 is 1.63 bits per heavy atom. The van der Waals surface area contributed by atoms with Gasteiger partial charge in [0.2, 0.25) is 11.8 Å². The van der Waals surface area contributed by atoms with Gasteiger partial charge in [0.25, 0.3) is 0 Å². The molecule has 1 N–H and O–H groups in total. The highest BCUT2D eigenvalue weighted by Crippen LogP contribution is 2.30. The van der Waals surface area contributed by atoms with Gasteiger partial charge in [0.1, 0.15) is 11.5 Å². The van der Waals surface area contributed by atoms with Crippen molar-refractivity contribution in [2.45, 2.75) is 0 Å². The second kappa shape index (κ2) is 12.0. The summed E-state index contributed by atoms with van der Waals surface area (Å²) in [6, 6.07) is 19.8. The van der Waals surface area contributed by atoms with Crippen LogP contribution in [0.25, 0.3) is 22.3 Å². The summed E-state index contributed by atoms with van der Waals surface area (Å²) < 4.78 is 10.8. The van der Waals surface area contributed by atoms with Crippen molar-refractivity contribution in [2.24, 2.45) is 5.92 Å². The normalized spacial score (nSPS) is 15.2. The predicted octanol–water partition coefficient (Wildman–Crippen LogP) is 4.35. The second-order valence-corrected chi connectivity index (χ2v) is 10.7. The summed E-state index contributed by atoms with van der Waals surface area (Å²) >= 11 is 0. The highest BCUT2D eigenvalue weighted by Gasteiger charge is 2.37. The fraction of sp³-hybridized carbons (Fsp3) is 0.273. The summed E-state index contributed by atoms with van der Waals surface area (Å²) in [6.45, 7) is 7.26. The molecule has 0 radical (unpaired) electrons. The Morgan fingerprint density at radius 3 is 2.33 bits per heavy atom. The zero-order chi connectivity index (χ0) is 29.9. The molecule has 1 aromatic heterocycles. The minimum Gasteiger partial charge on any atom is -0.497 e. The van der Waals surface area contributed by atoms with Gasteiger partial charge in [0.05, 0.1) is 43.1 Å². The minimum atomic E-state index is -0.115. The number of carbonyl (C=O) groups excluding carboxylic acids is 2. The minimum absolute atomic E-state index is 0.112. The summed E-state index contributed by atoms with van der Waals surface area (Å²) in [6.07, 6.45) is 3.10. The second-order valence-electron chi connectivity index (χ2n) is 10.7. The van der Waals surface area contributed by atoms with E-state index < -0.39 is 0 Å². The number of nitrogens with zero attached hydrogens (tertiary/aromatic N) is 5. The lowest BCUT2D eigenvalue weighted by atomic mass is 9.98. The highest BCUT2D eigenvalue weighted by molar-refractivity contribution is 5.90. The summed E-state index contributed by atoms with van der Waals surface area (Å²) in [5, 5.41) is 3.41. The monoisotopic (exact) mass is 578 g/mol. The van der Waals surface area contributed by atoms with Crippen molar-refractivity contribution in [2.75, 3.05) is 63.7 Å². The lowest BCUT2D eigenvalue weighted by Crippen LogP contribution is -2.58. The van der Waals surface area contributed by atoms with Crippen molar-refractivity contribution in [3.05, 3.63) is 79.5 Å². The first kappa shape index (κ1) is 28.0. The first-order valence-electron chi connectivity index (χ1n) is 14.3. The van der Waals surface area contributed by atoms with Gasteiger partial charge < -0.3 is 29.5 Å². The molecule has 2 amide bonds. The smallest absolute Gasteiger partial charge is 0.246 e. The largest absolute Gasteiger partial charge is 0.497 e. The van der Waals surface area contributed by atoms with Crippen LogP contribution in [0.15, 0.2) is 79.5 Å². The third-order valence-corrected chi connectivity index (χ3v) is 8.00. The molecule has 0 spiro atoms. The van der Waals surface area contributed by atoms with E-state index in [4.69, 9.17) is 14.5 Å². The summed E-state index contributed by atoms with van der Waals surface area (Å²) in [7, 11) is 3.25. The third kappa shape index (κ3) is 5.94. The lowest BCUT2D eigenvalue weighted by molar-refractivity contribution is -0.146. The van der Waals surface area contributed by atoms with Crippen LogP contribution in [0.4, 0.5) is 17.1 Å². The molecule has 2 aliphatic heterocycles. The van der Waals surface area contributed by atoms with Gasteiger partial charge in [-0.05, 0) is 36.4 Å². The van der Waals surface area contributed by atoms with Crippen LogP contribution in [0.3, 0.4) is 0 Å². The lowest BCUT2D eigenvalue weighted by Gasteiger charge is -2.42. The standard InChI is InChI=1S/C33H34N6O4/c1-4-32(40)39-20-23(21-39)33(41)38-12-10-37(11-13-38)26-7-5-6-22(14-26)31-19-34-29-9-8-24(17-30(29)36-31)35-25-15-27(42-2)18-28(16-25)43-3/h4-9,14-19,23,35H,1,10-13,20-21H2,2-3H3. The number of likely N-dealkylation sites (tertiary alicyclic amines) is 1. The molecule has 2 saturated heterocycles. The van der Waals surface area contributed by atoms with Crippen molar-refractivity contribution >= 4 is 39.9 Å². The molecule has 6 rings (SSSR count). The van der Waals surface area contributed by atoms with Crippen LogP contribution in [0.5, 0.6) is 11.5 Å². The van der Waals surface area contributed by atoms with E-state index in [0.29, 0.717) is 37.7 Å². The number of ether oxygens (including phenoxy) is 2. The molecule has 2 fully saturated rings. The van der Waals surface area contributed by atoms with Crippen molar-refractivity contribution in [1.82, 2.24) is 19.8 Å². The van der Waals surface area contributed by atoms with E-state index in [9.17, 15) is 9.59 Å². The van der Waals surface area contributed by atoms with Crippen molar-refractivity contribution in [3.63, 3.8) is 0 Å². The Labute approximate surface area is 250 Å². The quantitative estimate of drug-likeness (QED) is 0.308. The molecule has 220 valence electrons. The molecule has 4 aromatic rings. The number of fused-ring (bicyclic) bond motifs is 1. The van der Waals surface area contributed by atoms with Crippen molar-refractivity contribution in [1.29, 1.82) is 0 Å². The molecular weight excluding hydrogens is 544 g/mol. The molecule has 0 unspecified atom stereocenters. The fourth-order valence-corrected chi connectivity index (χ4v) is 5.52. The van der Waals surface area contributed by atoms with E-state index in [-0.39, 0.29) is 17.7 Å². The highest BCUT2D eigenvalue weighted by atomic mass is 16.5. The van der Waals surface area contributed by atoms with Gasteiger partial charge in [-0.1, -0.05) is 18.7 Å². The Morgan fingerprint density at radius 1 is 0.884 bits per heavy atom. The molecular formula is C33H34N6O4. The molecule has 0 atom stereocenters. The molecule has 2 aliphatic rings. The topological polar surface area (TPSA) is 100 Å². The first-order valence-corrected chi connectivity index (χ1v) is 14.3. The van der Waals surface area contributed by atoms with Gasteiger partial charge in [-0.15, -0.1) is 0 Å². The Balaban J connectivity index is 1.13. The third-order valence-electron chi connectivity index (χ3n) is 8.00. The van der Waals surface area contributed by atoms with E-state index in [1.807, 2.05) is 53.4 Å². The molecule has 10 heteroatoms. The first-order chi connectivity index (χ1) is 20.9. The van der Waals surface area contributed by atoms with Gasteiger partial charge in [-0.3, -0.25) is 14.6 Å². The Bertz CT molecular complexity index is 1660. The predicted molar refractivity (Wildman–Crippen MR) is 167 cm³/mol. The molecule has 43 heavy (non-hydrogen) atoms. The van der Waals surface area contributed by atoms with Gasteiger partial charge in [0.15, 0.2) is 0 Å². The van der Waals surface area contributed by atoms with Gasteiger partial charge in [-0.2, -0.15) is 0 Å². The van der Waals surface area contributed by atoms with Crippen LogP contribution >= 0.6 is 0 Å². The Kier molecular flexibility index (Phi) is 7.83. The number of rotatable bonds is 8. The number of methoxy groups -OCH3 is 2. The van der Waals surface area contributed by atoms with Crippen LogP contribution in [0.1, 0.15) is 0 Å². The number of carbonyl (C=O) groups is 2. The van der Waals surface area contributed by atoms with Crippen molar-refractivity contribution < 1.29 is 19.1 Å². The van der Waals surface area contributed by atoms with E-state index in [0.717, 1.165) is 52.4 Å². The summed E-state index contributed by atoms with van der Waals surface area (Å²) in [5.74, 6) is 1.30. The van der Waals surface area contributed by atoms with Gasteiger partial charge >= 0.3 is 0 Å². The van der Waals surface area contributed by atoms with Gasteiger partial charge in [0, 0.05) is 80.1 Å². The van der Waals surface area contributed by atoms with Crippen molar-refractivity contribution in [3.8, 4) is 22.8 Å². The van der Waals surface area contributed by atoms with E-state index in [1.165, 1.54) is 6.08 Å². The molecule has 0 saturated carbocycles. The maximum Gasteiger partial charge on any atom is 0.246 e. The van der Waals surface area contributed by atoms with Crippen LogP contribution in [-0.2, 0) is 9.59 Å². The number of piperazine rings is 1. The maximum absolute atomic E-state index is 12.9. The number of aromatic nitrogens is 2. The number of anilines is 3. The van der Waals surface area contributed by atoms with Crippen LogP contribution < -0.4 is 19.7 Å². The number of amides is 2. The molecule has 0 aliphatic carbocycles. The number of hydrogen-bond donors (Lipinski definition) is 1. The molecule has 3 heterocycles. The number of nitrogens with one attached hydrogen (secondary N) is 1. The van der Waals surface area contributed by atoms with Crippen LogP contribution in [0, 0.1) is 5.92 Å². The average molecular weight is 579 g/mol. The van der Waals surface area contributed by atoms with Gasteiger partial charge in [-0.25, -0.2) is 4.98 Å².